The van der Waals surface area contributed by atoms with Gasteiger partial charge in [0.1, 0.15) is 6.33 Å². The number of nitrogens with one attached hydrogen (secondary N) is 1. The van der Waals surface area contributed by atoms with Crippen LogP contribution in [0, 0.1) is 0 Å². The number of nitrogens with two attached hydrogens (primary N) is 1. The van der Waals surface area contributed by atoms with Crippen LogP contribution >= 0.6 is 0 Å². The smallest absolute Gasteiger partial charge is 0.254 e. The van der Waals surface area contributed by atoms with Gasteiger partial charge in [0, 0.05) is 26.0 Å². The van der Waals surface area contributed by atoms with E-state index in [-0.39, 0.29) is 11.9 Å². The normalized spacial score (nSPS) is 12.1. The number of methoxy groups -OCH3 is 1. The van der Waals surface area contributed by atoms with Crippen molar-refractivity contribution in [3.63, 3.8) is 0 Å². The Labute approximate surface area is 87.9 Å². The molecule has 82 valence electrons. The summed E-state index contributed by atoms with van der Waals surface area (Å²) in [5.41, 5.74) is 5.87. The molecule has 0 bridgehead atoms. The molecule has 6 heteroatoms. The van der Waals surface area contributed by atoms with E-state index in [4.69, 9.17) is 10.5 Å². The second-order valence-corrected chi connectivity index (χ2v) is 2.99. The zero-order chi connectivity index (χ0) is 11.1. The highest BCUT2D eigenvalue weighted by Gasteiger charge is 2.12. The molecule has 0 saturated carbocycles. The lowest BCUT2D eigenvalue weighted by molar-refractivity contribution is 0.0900. The Morgan fingerprint density at radius 2 is 2.27 bits per heavy atom. The van der Waals surface area contributed by atoms with Crippen LogP contribution in [-0.4, -0.2) is 42.2 Å². The zero-order valence-corrected chi connectivity index (χ0v) is 8.51. The minimum atomic E-state index is -0.247. The fraction of sp³-hybridized carbons (Fsp3) is 0.444. The van der Waals surface area contributed by atoms with E-state index in [9.17, 15) is 4.79 Å². The summed E-state index contributed by atoms with van der Waals surface area (Å²) in [6.45, 7) is 0.712. The van der Waals surface area contributed by atoms with E-state index in [1.165, 1.54) is 18.7 Å². The topological polar surface area (TPSA) is 90.1 Å². The molecule has 0 saturated heterocycles. The lowest BCUT2D eigenvalue weighted by Gasteiger charge is -2.15. The summed E-state index contributed by atoms with van der Waals surface area (Å²) in [6, 6.07) is -0.192. The van der Waals surface area contributed by atoms with Gasteiger partial charge in [0.05, 0.1) is 18.2 Å². The number of aromatic nitrogens is 2. The molecule has 1 atom stereocenters. The summed E-state index contributed by atoms with van der Waals surface area (Å²) in [5, 5.41) is 2.71. The standard InChI is InChI=1S/C9H14N4O2/c1-15-5-8(2-10)13-9(14)7-3-11-6-12-4-7/h3-4,6,8H,2,5,10H2,1H3,(H,13,14). The first-order chi connectivity index (χ1) is 7.27. The molecule has 1 aromatic rings. The van der Waals surface area contributed by atoms with Gasteiger partial charge in [0.15, 0.2) is 0 Å². The van der Waals surface area contributed by atoms with Crippen molar-refractivity contribution in [1.29, 1.82) is 0 Å². The molecule has 3 N–H and O–H groups in total. The summed E-state index contributed by atoms with van der Waals surface area (Å²) in [7, 11) is 1.56. The van der Waals surface area contributed by atoms with Gasteiger partial charge in [-0.2, -0.15) is 0 Å². The van der Waals surface area contributed by atoms with Gasteiger partial charge >= 0.3 is 0 Å². The maximum Gasteiger partial charge on any atom is 0.254 e. The lowest BCUT2D eigenvalue weighted by atomic mass is 10.2. The van der Waals surface area contributed by atoms with Crippen molar-refractivity contribution in [1.82, 2.24) is 15.3 Å². The highest BCUT2D eigenvalue weighted by atomic mass is 16.5. The predicted octanol–water partition coefficient (Wildman–Crippen LogP) is -0.820. The molecule has 1 aromatic heterocycles. The van der Waals surface area contributed by atoms with E-state index >= 15 is 0 Å². The van der Waals surface area contributed by atoms with Crippen molar-refractivity contribution in [3.05, 3.63) is 24.3 Å². The first kappa shape index (κ1) is 11.5. The van der Waals surface area contributed by atoms with Crippen molar-refractivity contribution in [2.75, 3.05) is 20.3 Å². The molecule has 0 radical (unpaired) electrons. The molecule has 0 fully saturated rings. The Kier molecular flexibility index (Phi) is 4.65. The van der Waals surface area contributed by atoms with Gasteiger partial charge in [-0.25, -0.2) is 9.97 Å². The van der Waals surface area contributed by atoms with E-state index in [0.29, 0.717) is 18.7 Å². The number of rotatable bonds is 5. The molecule has 6 nitrogen and oxygen atoms in total. The molecule has 1 unspecified atom stereocenters. The van der Waals surface area contributed by atoms with Crippen molar-refractivity contribution < 1.29 is 9.53 Å². The summed E-state index contributed by atoms with van der Waals surface area (Å²) >= 11 is 0. The largest absolute Gasteiger partial charge is 0.383 e. The van der Waals surface area contributed by atoms with Crippen LogP contribution in [0.3, 0.4) is 0 Å². The van der Waals surface area contributed by atoms with Crippen molar-refractivity contribution in [3.8, 4) is 0 Å². The number of hydrogen-bond donors (Lipinski definition) is 2. The number of ether oxygens (including phenoxy) is 1. The maximum absolute atomic E-state index is 11.6. The van der Waals surface area contributed by atoms with Gasteiger partial charge < -0.3 is 15.8 Å². The molecule has 0 aromatic carbocycles. The number of nitrogens with zero attached hydrogens (tertiary/aromatic N) is 2. The third-order valence-corrected chi connectivity index (χ3v) is 1.81. The van der Waals surface area contributed by atoms with Crippen LogP contribution in [0.25, 0.3) is 0 Å². The fourth-order valence-corrected chi connectivity index (χ4v) is 1.05. The second-order valence-electron chi connectivity index (χ2n) is 2.99. The van der Waals surface area contributed by atoms with Gasteiger partial charge in [0.25, 0.3) is 5.91 Å². The van der Waals surface area contributed by atoms with Crippen LogP contribution in [-0.2, 0) is 4.74 Å². The Balaban J connectivity index is 2.55. The minimum absolute atomic E-state index is 0.192. The van der Waals surface area contributed by atoms with Crippen molar-refractivity contribution >= 4 is 5.91 Å². The SMILES string of the molecule is COCC(CN)NC(=O)c1cncnc1. The molecule has 0 aliphatic rings. The summed E-state index contributed by atoms with van der Waals surface area (Å²) in [6.07, 6.45) is 4.26. The van der Waals surface area contributed by atoms with Gasteiger partial charge in [-0.3, -0.25) is 4.79 Å². The first-order valence-corrected chi connectivity index (χ1v) is 4.52. The predicted molar refractivity (Wildman–Crippen MR) is 54.2 cm³/mol. The van der Waals surface area contributed by atoms with Crippen LogP contribution in [0.4, 0.5) is 0 Å². The van der Waals surface area contributed by atoms with Crippen LogP contribution in [0.2, 0.25) is 0 Å². The molecule has 0 spiro atoms. The average Bonchev–Trinajstić information content (AvgIpc) is 2.29. The molecule has 1 rings (SSSR count). The highest BCUT2D eigenvalue weighted by Crippen LogP contribution is 1.94. The Morgan fingerprint density at radius 1 is 1.60 bits per heavy atom. The molecule has 0 aliphatic carbocycles. The van der Waals surface area contributed by atoms with Gasteiger partial charge in [-0.15, -0.1) is 0 Å². The molecule has 1 amide bonds. The highest BCUT2D eigenvalue weighted by molar-refractivity contribution is 5.93. The second kappa shape index (κ2) is 6.05. The third kappa shape index (κ3) is 3.61. The van der Waals surface area contributed by atoms with E-state index in [1.807, 2.05) is 0 Å². The zero-order valence-electron chi connectivity index (χ0n) is 8.51. The summed E-state index contributed by atoms with van der Waals surface area (Å²) < 4.78 is 4.91. The number of carbonyl (C=O) groups is 1. The lowest BCUT2D eigenvalue weighted by Crippen LogP contribution is -2.43. The molecular weight excluding hydrogens is 196 g/mol. The van der Waals surface area contributed by atoms with Crippen molar-refractivity contribution in [2.24, 2.45) is 5.73 Å². The maximum atomic E-state index is 11.6. The van der Waals surface area contributed by atoms with Crippen LogP contribution in [0.1, 0.15) is 10.4 Å². The molecule has 1 heterocycles. The van der Waals surface area contributed by atoms with E-state index < -0.39 is 0 Å². The molecular formula is C9H14N4O2. The Bertz CT molecular complexity index is 304. The van der Waals surface area contributed by atoms with Gasteiger partial charge in [0.2, 0.25) is 0 Å². The monoisotopic (exact) mass is 210 g/mol. The van der Waals surface area contributed by atoms with Gasteiger partial charge in [-0.1, -0.05) is 0 Å². The molecule has 0 aliphatic heterocycles. The Morgan fingerprint density at radius 3 is 2.80 bits per heavy atom. The fourth-order valence-electron chi connectivity index (χ4n) is 1.05. The number of hydrogen-bond acceptors (Lipinski definition) is 5. The summed E-state index contributed by atoms with van der Waals surface area (Å²) in [5.74, 6) is -0.247. The van der Waals surface area contributed by atoms with E-state index in [1.54, 1.807) is 7.11 Å². The van der Waals surface area contributed by atoms with Crippen molar-refractivity contribution in [2.45, 2.75) is 6.04 Å². The van der Waals surface area contributed by atoms with E-state index in [2.05, 4.69) is 15.3 Å². The summed E-state index contributed by atoms with van der Waals surface area (Å²) in [4.78, 5) is 19.1. The average molecular weight is 210 g/mol. The number of amides is 1. The van der Waals surface area contributed by atoms with Gasteiger partial charge in [-0.05, 0) is 0 Å². The third-order valence-electron chi connectivity index (χ3n) is 1.81. The quantitative estimate of drug-likeness (QED) is 0.662. The van der Waals surface area contributed by atoms with Crippen LogP contribution < -0.4 is 11.1 Å². The Hall–Kier alpha value is -1.53. The first-order valence-electron chi connectivity index (χ1n) is 4.52. The molecule has 15 heavy (non-hydrogen) atoms. The number of carbonyl (C=O) groups excluding carboxylic acids is 1. The van der Waals surface area contributed by atoms with Crippen LogP contribution in [0.15, 0.2) is 18.7 Å². The van der Waals surface area contributed by atoms with Crippen LogP contribution in [0.5, 0.6) is 0 Å². The minimum Gasteiger partial charge on any atom is -0.383 e. The van der Waals surface area contributed by atoms with E-state index in [0.717, 1.165) is 0 Å².